The Labute approximate surface area is 259 Å². The molecule has 230 valence electrons. The van der Waals surface area contributed by atoms with Gasteiger partial charge in [-0.3, -0.25) is 9.52 Å². The van der Waals surface area contributed by atoms with Crippen LogP contribution in [0.5, 0.6) is 5.75 Å². The van der Waals surface area contributed by atoms with Crippen molar-refractivity contribution in [1.29, 1.82) is 0 Å². The molecule has 1 spiro atoms. The lowest BCUT2D eigenvalue weighted by Gasteiger charge is -2.45. The molecule has 2 aromatic rings. The Morgan fingerprint density at radius 2 is 2.00 bits per heavy atom. The zero-order valence-corrected chi connectivity index (χ0v) is 26.2. The van der Waals surface area contributed by atoms with E-state index in [0.29, 0.717) is 24.7 Å². The highest BCUT2D eigenvalue weighted by Crippen LogP contribution is 2.47. The molecular formula is C34H41ClN2O5S. The first-order valence-electron chi connectivity index (χ1n) is 15.6. The number of amides is 1. The Hall–Kier alpha value is -2.52. The summed E-state index contributed by atoms with van der Waals surface area (Å²) in [6, 6.07) is 11.7. The highest BCUT2D eigenvalue weighted by Gasteiger charge is 2.45. The van der Waals surface area contributed by atoms with Crippen LogP contribution in [0, 0.1) is 23.7 Å². The molecule has 5 aliphatic rings. The predicted molar refractivity (Wildman–Crippen MR) is 172 cm³/mol. The van der Waals surface area contributed by atoms with Crippen LogP contribution in [-0.2, 0) is 26.3 Å². The predicted octanol–water partition coefficient (Wildman–Crippen LogP) is 4.78. The van der Waals surface area contributed by atoms with E-state index in [-0.39, 0.29) is 29.8 Å². The molecule has 2 aromatic carbocycles. The lowest BCUT2D eigenvalue weighted by atomic mass is 9.68. The largest absolute Gasteiger partial charge is 0.490 e. The molecular weight excluding hydrogens is 584 g/mol. The summed E-state index contributed by atoms with van der Waals surface area (Å²) >= 11 is 6.41. The van der Waals surface area contributed by atoms with Gasteiger partial charge < -0.3 is 19.5 Å². The summed E-state index contributed by atoms with van der Waals surface area (Å²) in [7, 11) is -3.02. The van der Waals surface area contributed by atoms with Crippen molar-refractivity contribution in [2.75, 3.05) is 37.8 Å². The smallest absolute Gasteiger partial charge is 0.262 e. The van der Waals surface area contributed by atoms with Gasteiger partial charge in [-0.2, -0.15) is 0 Å². The topological polar surface area (TPSA) is 88.1 Å². The number of hydrogen-bond acceptors (Lipinski definition) is 6. The lowest BCUT2D eigenvalue weighted by Crippen LogP contribution is -2.49. The molecule has 2 bridgehead atoms. The van der Waals surface area contributed by atoms with Crippen molar-refractivity contribution < 1.29 is 23.6 Å². The van der Waals surface area contributed by atoms with Gasteiger partial charge >= 0.3 is 0 Å². The number of fused-ring (bicyclic) bond motifs is 5. The maximum Gasteiger partial charge on any atom is 0.262 e. The maximum absolute atomic E-state index is 13.9. The van der Waals surface area contributed by atoms with Gasteiger partial charge in [0.25, 0.3) is 5.91 Å². The highest BCUT2D eigenvalue weighted by atomic mass is 35.5. The number of aliphatic hydroxyl groups is 1. The number of ether oxygens (including phenoxy) is 2. The number of carbonyl (C=O) groups excluding carboxylic acids is 1. The van der Waals surface area contributed by atoms with Gasteiger partial charge in [-0.1, -0.05) is 36.7 Å². The number of anilines is 1. The van der Waals surface area contributed by atoms with Crippen molar-refractivity contribution >= 4 is 38.8 Å². The summed E-state index contributed by atoms with van der Waals surface area (Å²) in [5.74, 6) is 4.73. The average molecular weight is 625 g/mol. The van der Waals surface area contributed by atoms with E-state index in [1.54, 1.807) is 6.07 Å². The Kier molecular flexibility index (Phi) is 7.56. The minimum absolute atomic E-state index is 0.0152. The Bertz CT molecular complexity index is 1560. The van der Waals surface area contributed by atoms with Gasteiger partial charge in [0, 0.05) is 35.0 Å². The van der Waals surface area contributed by atoms with Crippen LogP contribution in [-0.4, -0.2) is 65.4 Å². The van der Waals surface area contributed by atoms with Crippen LogP contribution in [0.1, 0.15) is 54.1 Å². The van der Waals surface area contributed by atoms with Crippen molar-refractivity contribution in [3.8, 4) is 5.75 Å². The van der Waals surface area contributed by atoms with Crippen LogP contribution in [0.2, 0.25) is 5.02 Å². The standard InChI is InChI=1S/C34H41ClN2O5S/c1-21-5-11-30(38)26-9-6-24(26)16-37-19-34(13-3-4-22-14-25(35)8-10-28(22)34)20-42-31-12-7-23(15-29(31)37)33(39)36-43(2,40)32-18-41-17-27(21)32/h5,7-8,10-12,14-15,21,24,26-27,30,32,38H,2-4,6,9,13,16-20H2,1H3,(H,36,39,40)/b11-5+/t21-,24+,26-,27-,30+,32+,34+,43?/m1/s1. The number of benzene rings is 2. The van der Waals surface area contributed by atoms with Gasteiger partial charge in [-0.25, -0.2) is 4.21 Å². The number of rotatable bonds is 0. The van der Waals surface area contributed by atoms with E-state index >= 15 is 0 Å². The highest BCUT2D eigenvalue weighted by molar-refractivity contribution is 7.99. The van der Waals surface area contributed by atoms with Crippen molar-refractivity contribution in [2.45, 2.75) is 55.8 Å². The molecule has 8 atom stereocenters. The molecule has 1 saturated heterocycles. The molecule has 2 fully saturated rings. The van der Waals surface area contributed by atoms with Crippen molar-refractivity contribution in [3.63, 3.8) is 0 Å². The molecule has 9 heteroatoms. The fourth-order valence-corrected chi connectivity index (χ4v) is 10.1. The van der Waals surface area contributed by atoms with Crippen molar-refractivity contribution in [3.05, 3.63) is 70.3 Å². The zero-order valence-electron chi connectivity index (χ0n) is 24.7. The zero-order chi connectivity index (χ0) is 29.9. The number of aliphatic hydroxyl groups excluding tert-OH is 1. The number of nitrogens with zero attached hydrogens (tertiary/aromatic N) is 1. The van der Waals surface area contributed by atoms with E-state index in [2.05, 4.69) is 34.5 Å². The molecule has 3 heterocycles. The third kappa shape index (κ3) is 5.28. The SMILES string of the molecule is C=S1(=O)NC(=O)c2ccc3c(c2)N(C[C@@H]2CC[C@H]2[C@@H](O)/C=C/[C@@H](C)[C@H]2COC[C@@H]21)C[C@@]1(CCCc2cc(Cl)ccc21)CO3. The summed E-state index contributed by atoms with van der Waals surface area (Å²) in [5, 5.41) is 11.7. The van der Waals surface area contributed by atoms with E-state index in [1.807, 2.05) is 30.4 Å². The molecule has 7 nitrogen and oxygen atoms in total. The van der Waals surface area contributed by atoms with Gasteiger partial charge in [-0.15, -0.1) is 0 Å². The summed E-state index contributed by atoms with van der Waals surface area (Å²) in [6.45, 7) is 4.80. The van der Waals surface area contributed by atoms with E-state index in [9.17, 15) is 14.1 Å². The first-order chi connectivity index (χ1) is 20.6. The van der Waals surface area contributed by atoms with Gasteiger partial charge in [0.2, 0.25) is 0 Å². The minimum atomic E-state index is -3.02. The van der Waals surface area contributed by atoms with Crippen LogP contribution in [0.3, 0.4) is 0 Å². The first kappa shape index (κ1) is 29.2. The van der Waals surface area contributed by atoms with Crippen molar-refractivity contribution in [1.82, 2.24) is 4.72 Å². The molecule has 0 radical (unpaired) electrons. The van der Waals surface area contributed by atoms with Crippen LogP contribution < -0.4 is 14.4 Å². The van der Waals surface area contributed by atoms with Crippen LogP contribution in [0.15, 0.2) is 48.6 Å². The molecule has 0 aromatic heterocycles. The van der Waals surface area contributed by atoms with Gasteiger partial charge in [0.15, 0.2) is 0 Å². The van der Waals surface area contributed by atoms with E-state index < -0.39 is 27.0 Å². The maximum atomic E-state index is 13.9. The third-order valence-electron chi connectivity index (χ3n) is 10.8. The van der Waals surface area contributed by atoms with Gasteiger partial charge in [0.05, 0.1) is 46.6 Å². The minimum Gasteiger partial charge on any atom is -0.490 e. The second-order valence-electron chi connectivity index (χ2n) is 13.4. The molecule has 3 aliphatic heterocycles. The fourth-order valence-electron chi connectivity index (χ4n) is 8.11. The lowest BCUT2D eigenvalue weighted by molar-refractivity contribution is 0.0453. The first-order valence-corrected chi connectivity index (χ1v) is 17.7. The molecule has 1 amide bonds. The summed E-state index contributed by atoms with van der Waals surface area (Å²) in [4.78, 5) is 16.0. The molecule has 1 saturated carbocycles. The van der Waals surface area contributed by atoms with Crippen LogP contribution in [0.25, 0.3) is 0 Å². The Balaban J connectivity index is 1.30. The molecule has 2 aliphatic carbocycles. The molecule has 1 unspecified atom stereocenters. The van der Waals surface area contributed by atoms with Crippen LogP contribution >= 0.6 is 11.6 Å². The second-order valence-corrected chi connectivity index (χ2v) is 16.1. The normalized spacial score (nSPS) is 38.0. The molecule has 7 rings (SSSR count). The van der Waals surface area contributed by atoms with E-state index in [1.165, 1.54) is 11.1 Å². The Morgan fingerprint density at radius 3 is 2.81 bits per heavy atom. The number of allylic oxidation sites excluding steroid dienone is 1. The van der Waals surface area contributed by atoms with E-state index in [0.717, 1.165) is 61.7 Å². The van der Waals surface area contributed by atoms with Crippen molar-refractivity contribution in [2.24, 2.45) is 23.7 Å². The average Bonchev–Trinajstić information content (AvgIpc) is 3.42. The number of hydrogen-bond donors (Lipinski definition) is 2. The number of halogens is 1. The molecule has 43 heavy (non-hydrogen) atoms. The fraction of sp³-hybridized carbons (Fsp3) is 0.529. The quantitative estimate of drug-likeness (QED) is 0.324. The summed E-state index contributed by atoms with van der Waals surface area (Å²) < 4.78 is 29.0. The monoisotopic (exact) mass is 624 g/mol. The summed E-state index contributed by atoms with van der Waals surface area (Å²) in [5.41, 5.74) is 3.62. The summed E-state index contributed by atoms with van der Waals surface area (Å²) in [6.07, 6.45) is 8.45. The molecule has 2 N–H and O–H groups in total. The number of aryl methyl sites for hydroxylation is 1. The Morgan fingerprint density at radius 1 is 1.14 bits per heavy atom. The van der Waals surface area contributed by atoms with Crippen LogP contribution in [0.4, 0.5) is 5.69 Å². The van der Waals surface area contributed by atoms with Gasteiger partial charge in [-0.05, 0) is 97.2 Å². The number of nitrogens with one attached hydrogen (secondary N) is 1. The third-order valence-corrected chi connectivity index (χ3v) is 13.0. The van der Waals surface area contributed by atoms with Gasteiger partial charge in [0.1, 0.15) is 5.75 Å². The number of carbonyl (C=O) groups is 1. The second kappa shape index (κ2) is 11.1. The van der Waals surface area contributed by atoms with E-state index in [4.69, 9.17) is 21.1 Å².